The molecule has 0 radical (unpaired) electrons. The maximum Gasteiger partial charge on any atom is 0.336 e. The number of ether oxygens (including phenoxy) is 2. The van der Waals surface area contributed by atoms with Crippen molar-refractivity contribution < 1.29 is 29.2 Å². The molecule has 7 nitrogen and oxygen atoms in total. The third-order valence-corrected chi connectivity index (χ3v) is 4.72. The smallest absolute Gasteiger partial charge is 0.336 e. The molecule has 3 N–H and O–H groups in total. The zero-order chi connectivity index (χ0) is 18.2. The van der Waals surface area contributed by atoms with Crippen LogP contribution in [0.2, 0.25) is 0 Å². The molecule has 1 aromatic heterocycles. The number of rotatable bonds is 6. The summed E-state index contributed by atoms with van der Waals surface area (Å²) in [6.07, 6.45) is -1.01. The van der Waals surface area contributed by atoms with Gasteiger partial charge in [-0.25, -0.2) is 4.79 Å². The zero-order valence-corrected chi connectivity index (χ0v) is 14.1. The van der Waals surface area contributed by atoms with Crippen LogP contribution in [-0.4, -0.2) is 40.1 Å². The van der Waals surface area contributed by atoms with Crippen LogP contribution in [-0.2, 0) is 11.2 Å². The van der Waals surface area contributed by atoms with Gasteiger partial charge in [-0.2, -0.15) is 0 Å². The van der Waals surface area contributed by atoms with Gasteiger partial charge >= 0.3 is 5.63 Å². The van der Waals surface area contributed by atoms with E-state index in [2.05, 4.69) is 0 Å². The molecule has 7 heteroatoms. The minimum atomic E-state index is -1.54. The van der Waals surface area contributed by atoms with Gasteiger partial charge in [0.2, 0.25) is 6.29 Å². The summed E-state index contributed by atoms with van der Waals surface area (Å²) in [7, 11) is 0. The normalized spacial score (nSPS) is 27.1. The summed E-state index contributed by atoms with van der Waals surface area (Å²) in [6, 6.07) is 6.45. The third-order valence-electron chi connectivity index (χ3n) is 4.72. The Labute approximate surface area is 144 Å². The van der Waals surface area contributed by atoms with Gasteiger partial charge < -0.3 is 29.2 Å². The number of aliphatic hydroxyl groups is 3. The van der Waals surface area contributed by atoms with E-state index in [4.69, 9.17) is 13.9 Å². The fraction of sp³-hybridized carbons (Fsp3) is 0.500. The largest absolute Gasteiger partial charge is 0.462 e. The number of fused-ring (bicyclic) bond motifs is 1. The van der Waals surface area contributed by atoms with Crippen molar-refractivity contribution in [1.82, 2.24) is 0 Å². The van der Waals surface area contributed by atoms with E-state index in [0.29, 0.717) is 17.8 Å². The predicted molar refractivity (Wildman–Crippen MR) is 89.2 cm³/mol. The molecule has 25 heavy (non-hydrogen) atoms. The first-order valence-corrected chi connectivity index (χ1v) is 8.29. The minimum Gasteiger partial charge on any atom is -0.462 e. The van der Waals surface area contributed by atoms with Gasteiger partial charge in [-0.3, -0.25) is 0 Å². The molecule has 4 atom stereocenters. The highest BCUT2D eigenvalue weighted by molar-refractivity contribution is 5.81. The Morgan fingerprint density at radius 3 is 2.76 bits per heavy atom. The van der Waals surface area contributed by atoms with Crippen LogP contribution < -0.4 is 10.4 Å². The Bertz CT molecular complexity index is 815. The minimum absolute atomic E-state index is 0.0560. The number of hydrogen-bond donors (Lipinski definition) is 3. The fourth-order valence-corrected chi connectivity index (χ4v) is 3.01. The summed E-state index contributed by atoms with van der Waals surface area (Å²) in [6.45, 7) is 3.12. The molecule has 4 unspecified atom stereocenters. The Morgan fingerprint density at radius 1 is 1.40 bits per heavy atom. The number of aliphatic hydroxyl groups excluding tert-OH is 2. The first kappa shape index (κ1) is 17.9. The van der Waals surface area contributed by atoms with Crippen molar-refractivity contribution in [3.8, 4) is 5.75 Å². The van der Waals surface area contributed by atoms with Gasteiger partial charge in [0.05, 0.1) is 6.10 Å². The van der Waals surface area contributed by atoms with Crippen LogP contribution in [0, 0.1) is 5.92 Å². The van der Waals surface area contributed by atoms with E-state index >= 15 is 0 Å². The zero-order valence-electron chi connectivity index (χ0n) is 14.1. The molecular weight excluding hydrogens is 328 g/mol. The Morgan fingerprint density at radius 2 is 2.16 bits per heavy atom. The number of aryl methyl sites for hydroxylation is 1. The van der Waals surface area contributed by atoms with Crippen molar-refractivity contribution in [2.24, 2.45) is 5.92 Å². The van der Waals surface area contributed by atoms with Crippen molar-refractivity contribution in [3.05, 3.63) is 40.2 Å². The average molecular weight is 350 g/mol. The van der Waals surface area contributed by atoms with Crippen molar-refractivity contribution >= 4 is 11.0 Å². The molecular formula is C18H22O7. The Balaban J connectivity index is 1.80. The van der Waals surface area contributed by atoms with Gasteiger partial charge in [-0.05, 0) is 24.1 Å². The highest BCUT2D eigenvalue weighted by Gasteiger charge is 2.52. The fourth-order valence-electron chi connectivity index (χ4n) is 3.01. The Kier molecular flexibility index (Phi) is 4.83. The van der Waals surface area contributed by atoms with E-state index in [9.17, 15) is 20.1 Å². The van der Waals surface area contributed by atoms with Gasteiger partial charge in [0, 0.05) is 29.9 Å². The quantitative estimate of drug-likeness (QED) is 0.530. The van der Waals surface area contributed by atoms with Crippen molar-refractivity contribution in [2.75, 3.05) is 6.61 Å². The third kappa shape index (κ3) is 3.41. The van der Waals surface area contributed by atoms with Crippen LogP contribution in [0.15, 0.2) is 33.5 Å². The molecule has 1 aliphatic carbocycles. The molecule has 136 valence electrons. The second-order valence-electron chi connectivity index (χ2n) is 6.35. The monoisotopic (exact) mass is 350 g/mol. The van der Waals surface area contributed by atoms with E-state index in [1.165, 1.54) is 6.07 Å². The first-order valence-electron chi connectivity index (χ1n) is 8.29. The number of hydrogen-bond acceptors (Lipinski definition) is 7. The molecule has 0 aliphatic heterocycles. The highest BCUT2D eigenvalue weighted by Crippen LogP contribution is 2.40. The summed E-state index contributed by atoms with van der Waals surface area (Å²) in [5.74, 6) is -1.68. The maximum atomic E-state index is 11.6. The maximum absolute atomic E-state index is 11.6. The second-order valence-corrected chi connectivity index (χ2v) is 6.35. The second kappa shape index (κ2) is 6.76. The van der Waals surface area contributed by atoms with Crippen molar-refractivity contribution in [3.63, 3.8) is 0 Å². The van der Waals surface area contributed by atoms with Crippen LogP contribution >= 0.6 is 0 Å². The van der Waals surface area contributed by atoms with Crippen LogP contribution in [0.3, 0.4) is 0 Å². The lowest BCUT2D eigenvalue weighted by Gasteiger charge is -2.47. The topological polar surface area (TPSA) is 109 Å². The molecule has 1 fully saturated rings. The molecule has 0 amide bonds. The lowest BCUT2D eigenvalue weighted by atomic mass is 9.76. The summed E-state index contributed by atoms with van der Waals surface area (Å²) >= 11 is 0. The summed E-state index contributed by atoms with van der Waals surface area (Å²) in [5, 5.41) is 30.1. The molecule has 1 saturated carbocycles. The van der Waals surface area contributed by atoms with Crippen molar-refractivity contribution in [2.45, 2.75) is 44.9 Å². The molecule has 1 aromatic carbocycles. The van der Waals surface area contributed by atoms with E-state index in [-0.39, 0.29) is 6.42 Å². The lowest BCUT2D eigenvalue weighted by molar-refractivity contribution is -0.358. The van der Waals surface area contributed by atoms with Gasteiger partial charge in [0.25, 0.3) is 0 Å². The van der Waals surface area contributed by atoms with Crippen molar-refractivity contribution in [1.29, 1.82) is 0 Å². The van der Waals surface area contributed by atoms with Gasteiger partial charge in [0.1, 0.15) is 17.9 Å². The van der Waals surface area contributed by atoms with Crippen LogP contribution in [0.4, 0.5) is 0 Å². The predicted octanol–water partition coefficient (Wildman–Crippen LogP) is 1.16. The molecule has 0 saturated heterocycles. The first-order chi connectivity index (χ1) is 11.9. The molecule has 1 heterocycles. The van der Waals surface area contributed by atoms with Gasteiger partial charge in [-0.1, -0.05) is 13.8 Å². The van der Waals surface area contributed by atoms with Crippen LogP contribution in [0.5, 0.6) is 5.75 Å². The SMILES string of the molecule is CCc1cc(=O)oc2cc(OC(CO)OC3(O)CC(O)C3C)ccc12. The van der Waals surface area contributed by atoms with Crippen LogP contribution in [0.25, 0.3) is 11.0 Å². The summed E-state index contributed by atoms with van der Waals surface area (Å²) < 4.78 is 16.2. The molecule has 2 aromatic rings. The standard InChI is InChI=1S/C18H22O7/c1-3-11-6-16(21)24-15-7-12(4-5-13(11)15)23-17(9-19)25-18(22)8-14(20)10(18)2/h4-7,10,14,17,19-20,22H,3,8-9H2,1-2H3. The van der Waals surface area contributed by atoms with E-state index in [1.807, 2.05) is 6.92 Å². The van der Waals surface area contributed by atoms with E-state index < -0.39 is 36.3 Å². The average Bonchev–Trinajstić information content (AvgIpc) is 2.59. The van der Waals surface area contributed by atoms with Gasteiger partial charge in [0.15, 0.2) is 5.79 Å². The molecule has 0 spiro atoms. The molecule has 0 bridgehead atoms. The Hall–Kier alpha value is -1.93. The van der Waals surface area contributed by atoms with Gasteiger partial charge in [-0.15, -0.1) is 0 Å². The lowest BCUT2D eigenvalue weighted by Crippen LogP contribution is -2.59. The molecule has 1 aliphatic rings. The van der Waals surface area contributed by atoms with Crippen LogP contribution in [0.1, 0.15) is 25.8 Å². The van der Waals surface area contributed by atoms with E-state index in [0.717, 1.165) is 10.9 Å². The van der Waals surface area contributed by atoms with E-state index in [1.54, 1.807) is 25.1 Å². The number of benzene rings is 1. The summed E-state index contributed by atoms with van der Waals surface area (Å²) in [4.78, 5) is 11.6. The highest BCUT2D eigenvalue weighted by atomic mass is 16.7. The molecule has 3 rings (SSSR count). The summed E-state index contributed by atoms with van der Waals surface area (Å²) in [5.41, 5.74) is 0.812.